The maximum absolute atomic E-state index is 5.92. The second kappa shape index (κ2) is 5.52. The largest absolute Gasteiger partial charge is 0.329 e. The van der Waals surface area contributed by atoms with Gasteiger partial charge in [-0.15, -0.1) is 6.58 Å². The molecule has 0 aromatic carbocycles. The molecule has 0 radical (unpaired) electrons. The molecule has 1 fully saturated rings. The topological polar surface area (TPSA) is 38.0 Å². The molecule has 0 aromatic rings. The highest BCUT2D eigenvalue weighted by Crippen LogP contribution is 2.32. The Hall–Kier alpha value is -0.340. The Kier molecular flexibility index (Phi) is 4.63. The van der Waals surface area contributed by atoms with Crippen molar-refractivity contribution in [1.82, 2.24) is 5.32 Å². The third-order valence-corrected chi connectivity index (χ3v) is 3.64. The summed E-state index contributed by atoms with van der Waals surface area (Å²) in [5.41, 5.74) is 6.13. The van der Waals surface area contributed by atoms with Crippen LogP contribution in [0.1, 0.15) is 39.0 Å². The van der Waals surface area contributed by atoms with E-state index < -0.39 is 0 Å². The molecule has 0 saturated heterocycles. The molecular formula is C12H24N2. The van der Waals surface area contributed by atoms with Crippen molar-refractivity contribution in [3.8, 4) is 0 Å². The minimum atomic E-state index is 0.210. The fraction of sp³-hybridized carbons (Fsp3) is 0.833. The van der Waals surface area contributed by atoms with Gasteiger partial charge in [-0.3, -0.25) is 0 Å². The molecule has 1 saturated carbocycles. The van der Waals surface area contributed by atoms with Gasteiger partial charge in [0.05, 0.1) is 0 Å². The van der Waals surface area contributed by atoms with E-state index in [4.69, 9.17) is 5.73 Å². The number of nitrogens with one attached hydrogen (secondary N) is 1. The van der Waals surface area contributed by atoms with Gasteiger partial charge in [0.15, 0.2) is 0 Å². The Bertz CT molecular complexity index is 179. The summed E-state index contributed by atoms with van der Waals surface area (Å²) in [5.74, 6) is 0.714. The molecule has 14 heavy (non-hydrogen) atoms. The first-order valence-corrected chi connectivity index (χ1v) is 5.81. The highest BCUT2D eigenvalue weighted by molar-refractivity contribution is 4.96. The van der Waals surface area contributed by atoms with E-state index in [1.165, 1.54) is 25.7 Å². The predicted molar refractivity (Wildman–Crippen MR) is 62.2 cm³/mol. The molecule has 2 heteroatoms. The Morgan fingerprint density at radius 3 is 2.93 bits per heavy atom. The minimum Gasteiger partial charge on any atom is -0.329 e. The van der Waals surface area contributed by atoms with Gasteiger partial charge in [0.25, 0.3) is 0 Å². The molecule has 1 rings (SSSR count). The lowest BCUT2D eigenvalue weighted by atomic mass is 9.73. The molecule has 2 nitrogen and oxygen atoms in total. The third kappa shape index (κ3) is 2.58. The van der Waals surface area contributed by atoms with E-state index in [9.17, 15) is 0 Å². The predicted octanol–water partition coefficient (Wildman–Crippen LogP) is 2.06. The van der Waals surface area contributed by atoms with Crippen molar-refractivity contribution in [2.45, 2.75) is 44.6 Å². The van der Waals surface area contributed by atoms with Crippen LogP contribution >= 0.6 is 0 Å². The summed E-state index contributed by atoms with van der Waals surface area (Å²) in [6.07, 6.45) is 8.24. The molecule has 0 heterocycles. The van der Waals surface area contributed by atoms with Crippen LogP contribution < -0.4 is 11.1 Å². The van der Waals surface area contributed by atoms with Gasteiger partial charge < -0.3 is 11.1 Å². The zero-order valence-electron chi connectivity index (χ0n) is 9.39. The molecule has 0 aliphatic heterocycles. The van der Waals surface area contributed by atoms with Crippen LogP contribution in [-0.2, 0) is 0 Å². The molecule has 0 aromatic heterocycles. The van der Waals surface area contributed by atoms with Crippen LogP contribution in [0.4, 0.5) is 0 Å². The molecular weight excluding hydrogens is 172 g/mol. The quantitative estimate of drug-likeness (QED) is 0.522. The van der Waals surface area contributed by atoms with Crippen LogP contribution in [0, 0.1) is 5.92 Å². The number of hydrogen-bond acceptors (Lipinski definition) is 2. The summed E-state index contributed by atoms with van der Waals surface area (Å²) in [5, 5.41) is 3.64. The van der Waals surface area contributed by atoms with E-state index in [0.29, 0.717) is 5.92 Å². The minimum absolute atomic E-state index is 0.210. The zero-order chi connectivity index (χ0) is 10.4. The van der Waals surface area contributed by atoms with Crippen LogP contribution in [0.25, 0.3) is 0 Å². The van der Waals surface area contributed by atoms with Crippen LogP contribution in [0.15, 0.2) is 12.7 Å². The van der Waals surface area contributed by atoms with Gasteiger partial charge >= 0.3 is 0 Å². The number of nitrogens with two attached hydrogens (primary N) is 1. The zero-order valence-corrected chi connectivity index (χ0v) is 9.39. The van der Waals surface area contributed by atoms with Crippen LogP contribution in [0.2, 0.25) is 0 Å². The number of rotatable bonds is 5. The fourth-order valence-electron chi connectivity index (χ4n) is 2.47. The summed E-state index contributed by atoms with van der Waals surface area (Å²) in [4.78, 5) is 0. The van der Waals surface area contributed by atoms with Crippen LogP contribution in [0.5, 0.6) is 0 Å². The van der Waals surface area contributed by atoms with Gasteiger partial charge in [-0.05, 0) is 31.7 Å². The van der Waals surface area contributed by atoms with Crippen molar-refractivity contribution >= 4 is 0 Å². The van der Waals surface area contributed by atoms with Gasteiger partial charge in [-0.25, -0.2) is 0 Å². The van der Waals surface area contributed by atoms with E-state index in [-0.39, 0.29) is 5.54 Å². The molecule has 82 valence electrons. The fourth-order valence-corrected chi connectivity index (χ4v) is 2.47. The summed E-state index contributed by atoms with van der Waals surface area (Å²) >= 11 is 0. The van der Waals surface area contributed by atoms with Gasteiger partial charge in [0.1, 0.15) is 0 Å². The normalized spacial score (nSPS) is 32.9. The monoisotopic (exact) mass is 196 g/mol. The third-order valence-electron chi connectivity index (χ3n) is 3.64. The Morgan fingerprint density at radius 2 is 2.36 bits per heavy atom. The lowest BCUT2D eigenvalue weighted by Gasteiger charge is -2.43. The first-order valence-electron chi connectivity index (χ1n) is 5.81. The van der Waals surface area contributed by atoms with E-state index in [2.05, 4.69) is 18.8 Å². The SMILES string of the molecule is C=CCCNC1(CN)CCCCC1C. The molecule has 2 unspecified atom stereocenters. The second-order valence-corrected chi connectivity index (χ2v) is 4.51. The highest BCUT2D eigenvalue weighted by Gasteiger charge is 2.35. The molecule has 1 aliphatic rings. The first-order chi connectivity index (χ1) is 6.75. The molecule has 3 N–H and O–H groups in total. The lowest BCUT2D eigenvalue weighted by molar-refractivity contribution is 0.163. The smallest absolute Gasteiger partial charge is 0.0329 e. The van der Waals surface area contributed by atoms with Crippen LogP contribution in [-0.4, -0.2) is 18.6 Å². The van der Waals surface area contributed by atoms with E-state index in [1.54, 1.807) is 0 Å². The Balaban J connectivity index is 2.49. The number of hydrogen-bond donors (Lipinski definition) is 2. The van der Waals surface area contributed by atoms with Crippen molar-refractivity contribution in [3.63, 3.8) is 0 Å². The summed E-state index contributed by atoms with van der Waals surface area (Å²) in [6, 6.07) is 0. The maximum Gasteiger partial charge on any atom is 0.0329 e. The van der Waals surface area contributed by atoms with Crippen molar-refractivity contribution in [2.75, 3.05) is 13.1 Å². The van der Waals surface area contributed by atoms with Crippen LogP contribution in [0.3, 0.4) is 0 Å². The Labute approximate surface area is 87.9 Å². The Morgan fingerprint density at radius 1 is 1.57 bits per heavy atom. The second-order valence-electron chi connectivity index (χ2n) is 4.51. The highest BCUT2D eigenvalue weighted by atomic mass is 15.0. The first kappa shape index (κ1) is 11.7. The van der Waals surface area contributed by atoms with Gasteiger partial charge in [0, 0.05) is 12.1 Å². The molecule has 0 spiro atoms. The lowest BCUT2D eigenvalue weighted by Crippen LogP contribution is -2.57. The maximum atomic E-state index is 5.92. The summed E-state index contributed by atoms with van der Waals surface area (Å²) < 4.78 is 0. The van der Waals surface area contributed by atoms with Crippen molar-refractivity contribution in [3.05, 3.63) is 12.7 Å². The van der Waals surface area contributed by atoms with Gasteiger partial charge in [-0.1, -0.05) is 25.8 Å². The molecule has 0 amide bonds. The molecule has 2 atom stereocenters. The standard InChI is InChI=1S/C12H24N2/c1-3-4-9-14-12(10-13)8-6-5-7-11(12)2/h3,11,14H,1,4-10,13H2,2H3. The average Bonchev–Trinajstić information content (AvgIpc) is 2.21. The molecule has 1 aliphatic carbocycles. The average molecular weight is 196 g/mol. The van der Waals surface area contributed by atoms with Gasteiger partial charge in [-0.2, -0.15) is 0 Å². The summed E-state index contributed by atoms with van der Waals surface area (Å²) in [6.45, 7) is 7.85. The van der Waals surface area contributed by atoms with Crippen molar-refractivity contribution in [2.24, 2.45) is 11.7 Å². The van der Waals surface area contributed by atoms with E-state index in [0.717, 1.165) is 19.5 Å². The van der Waals surface area contributed by atoms with Crippen molar-refractivity contribution < 1.29 is 0 Å². The van der Waals surface area contributed by atoms with E-state index >= 15 is 0 Å². The van der Waals surface area contributed by atoms with Crippen molar-refractivity contribution in [1.29, 1.82) is 0 Å². The summed E-state index contributed by atoms with van der Waals surface area (Å²) in [7, 11) is 0. The molecule has 0 bridgehead atoms. The van der Waals surface area contributed by atoms with E-state index in [1.807, 2.05) is 6.08 Å². The van der Waals surface area contributed by atoms with Gasteiger partial charge in [0.2, 0.25) is 0 Å².